The number of unbranched alkanes of at least 4 members (excludes halogenated alkanes) is 1. The number of hydrogen-bond acceptors (Lipinski definition) is 3. The van der Waals surface area contributed by atoms with E-state index >= 15 is 0 Å². The zero-order chi connectivity index (χ0) is 20.1. The van der Waals surface area contributed by atoms with Crippen molar-refractivity contribution < 1.29 is 9.53 Å². The quantitative estimate of drug-likeness (QED) is 0.545. The van der Waals surface area contributed by atoms with Gasteiger partial charge in [0.25, 0.3) is 5.91 Å². The molecule has 152 valence electrons. The zero-order valence-corrected chi connectivity index (χ0v) is 17.1. The monoisotopic (exact) mass is 391 g/mol. The van der Waals surface area contributed by atoms with Crippen LogP contribution < -0.4 is 4.74 Å². The minimum atomic E-state index is 0.122. The van der Waals surface area contributed by atoms with Crippen molar-refractivity contribution in [2.45, 2.75) is 39.2 Å². The first-order valence-electron chi connectivity index (χ1n) is 10.7. The molecule has 0 aliphatic carbocycles. The molecule has 2 heterocycles. The van der Waals surface area contributed by atoms with Crippen LogP contribution in [-0.4, -0.2) is 40.1 Å². The smallest absolute Gasteiger partial charge is 0.253 e. The van der Waals surface area contributed by atoms with Gasteiger partial charge in [-0.05, 0) is 61.6 Å². The minimum Gasteiger partial charge on any atom is -0.494 e. The number of para-hydroxylation sites is 2. The summed E-state index contributed by atoms with van der Waals surface area (Å²) in [6, 6.07) is 15.8. The van der Waals surface area contributed by atoms with Gasteiger partial charge >= 0.3 is 0 Å². The number of benzene rings is 2. The second-order valence-electron chi connectivity index (χ2n) is 7.85. The van der Waals surface area contributed by atoms with Gasteiger partial charge in [-0.3, -0.25) is 4.79 Å². The lowest BCUT2D eigenvalue weighted by molar-refractivity contribution is 0.0683. The number of likely N-dealkylation sites (tertiary alicyclic amines) is 1. The van der Waals surface area contributed by atoms with E-state index in [1.54, 1.807) is 0 Å². The van der Waals surface area contributed by atoms with Crippen molar-refractivity contribution in [3.63, 3.8) is 0 Å². The lowest BCUT2D eigenvalue weighted by Crippen LogP contribution is -2.39. The standard InChI is InChI=1S/C24H29N3O2/c1-2-3-16-29-21-10-8-20(9-11-21)24(28)26-14-12-19(13-15-26)17-27-18-25-22-6-4-5-7-23(22)27/h4-11,18-19H,2-3,12-17H2,1H3. The molecule has 3 aromatic rings. The molecule has 1 aliphatic rings. The van der Waals surface area contributed by atoms with Crippen LogP contribution >= 0.6 is 0 Å². The first-order chi connectivity index (χ1) is 14.2. The predicted molar refractivity (Wildman–Crippen MR) is 115 cm³/mol. The van der Waals surface area contributed by atoms with E-state index in [2.05, 4.69) is 28.6 Å². The number of fused-ring (bicyclic) bond motifs is 1. The fourth-order valence-corrected chi connectivity index (χ4v) is 3.96. The van der Waals surface area contributed by atoms with E-state index in [0.29, 0.717) is 5.92 Å². The Balaban J connectivity index is 1.30. The molecular weight excluding hydrogens is 362 g/mol. The van der Waals surface area contributed by atoms with Crippen molar-refractivity contribution in [2.75, 3.05) is 19.7 Å². The van der Waals surface area contributed by atoms with Gasteiger partial charge in [-0.2, -0.15) is 0 Å². The van der Waals surface area contributed by atoms with Gasteiger partial charge in [0.15, 0.2) is 0 Å². The van der Waals surface area contributed by atoms with Gasteiger partial charge in [-0.1, -0.05) is 25.5 Å². The fraction of sp³-hybridized carbons (Fsp3) is 0.417. The van der Waals surface area contributed by atoms with Crippen molar-refractivity contribution in [3.8, 4) is 5.75 Å². The molecule has 0 bridgehead atoms. The van der Waals surface area contributed by atoms with E-state index in [1.165, 1.54) is 5.52 Å². The molecule has 0 unspecified atom stereocenters. The first kappa shape index (κ1) is 19.5. The van der Waals surface area contributed by atoms with Crippen molar-refractivity contribution in [1.82, 2.24) is 14.5 Å². The summed E-state index contributed by atoms with van der Waals surface area (Å²) in [4.78, 5) is 19.3. The molecule has 0 N–H and O–H groups in total. The molecule has 1 aliphatic heterocycles. The average molecular weight is 392 g/mol. The number of amides is 1. The van der Waals surface area contributed by atoms with Crippen LogP contribution in [0.3, 0.4) is 0 Å². The number of piperidine rings is 1. The Labute approximate surface area is 172 Å². The van der Waals surface area contributed by atoms with E-state index in [-0.39, 0.29) is 5.91 Å². The highest BCUT2D eigenvalue weighted by molar-refractivity contribution is 5.94. The van der Waals surface area contributed by atoms with E-state index in [4.69, 9.17) is 4.74 Å². The Morgan fingerprint density at radius 1 is 1.10 bits per heavy atom. The summed E-state index contributed by atoms with van der Waals surface area (Å²) in [5, 5.41) is 0. The van der Waals surface area contributed by atoms with Crippen molar-refractivity contribution in [1.29, 1.82) is 0 Å². The Hall–Kier alpha value is -2.82. The Kier molecular flexibility index (Phi) is 6.13. The molecule has 1 saturated heterocycles. The van der Waals surface area contributed by atoms with Crippen LogP contribution in [0.4, 0.5) is 0 Å². The summed E-state index contributed by atoms with van der Waals surface area (Å²) in [6.07, 6.45) is 6.15. The molecule has 29 heavy (non-hydrogen) atoms. The topological polar surface area (TPSA) is 47.4 Å². The minimum absolute atomic E-state index is 0.122. The summed E-state index contributed by atoms with van der Waals surface area (Å²) in [5.41, 5.74) is 2.97. The van der Waals surface area contributed by atoms with Gasteiger partial charge in [0.1, 0.15) is 5.75 Å². The third-order valence-corrected chi connectivity index (χ3v) is 5.75. The van der Waals surface area contributed by atoms with Crippen LogP contribution in [0.5, 0.6) is 5.75 Å². The number of nitrogens with zero attached hydrogens (tertiary/aromatic N) is 3. The molecule has 4 rings (SSSR count). The van der Waals surface area contributed by atoms with Crippen LogP contribution in [-0.2, 0) is 6.54 Å². The zero-order valence-electron chi connectivity index (χ0n) is 17.1. The van der Waals surface area contributed by atoms with Gasteiger partial charge in [-0.25, -0.2) is 4.98 Å². The number of rotatable bonds is 7. The second-order valence-corrected chi connectivity index (χ2v) is 7.85. The van der Waals surface area contributed by atoms with Crippen molar-refractivity contribution >= 4 is 16.9 Å². The maximum atomic E-state index is 12.8. The lowest BCUT2D eigenvalue weighted by atomic mass is 9.96. The normalized spacial score (nSPS) is 15.0. The Morgan fingerprint density at radius 2 is 1.86 bits per heavy atom. The van der Waals surface area contributed by atoms with Gasteiger partial charge in [0.2, 0.25) is 0 Å². The molecule has 0 saturated carbocycles. The summed E-state index contributed by atoms with van der Waals surface area (Å²) in [7, 11) is 0. The molecule has 1 fully saturated rings. The second kappa shape index (κ2) is 9.12. The van der Waals surface area contributed by atoms with Crippen LogP contribution in [0.15, 0.2) is 54.9 Å². The lowest BCUT2D eigenvalue weighted by Gasteiger charge is -2.32. The maximum Gasteiger partial charge on any atom is 0.253 e. The number of aromatic nitrogens is 2. The van der Waals surface area contributed by atoms with Crippen molar-refractivity contribution in [3.05, 3.63) is 60.4 Å². The summed E-state index contributed by atoms with van der Waals surface area (Å²) in [6.45, 7) is 5.46. The molecule has 1 amide bonds. The maximum absolute atomic E-state index is 12.8. The summed E-state index contributed by atoms with van der Waals surface area (Å²) < 4.78 is 7.93. The third-order valence-electron chi connectivity index (χ3n) is 5.75. The number of hydrogen-bond donors (Lipinski definition) is 0. The van der Waals surface area contributed by atoms with Gasteiger partial charge in [0, 0.05) is 25.2 Å². The molecular formula is C24H29N3O2. The molecule has 5 nitrogen and oxygen atoms in total. The molecule has 1 aromatic heterocycles. The molecule has 0 spiro atoms. The van der Waals surface area contributed by atoms with Crippen molar-refractivity contribution in [2.24, 2.45) is 5.92 Å². The highest BCUT2D eigenvalue weighted by Crippen LogP contribution is 2.23. The summed E-state index contributed by atoms with van der Waals surface area (Å²) >= 11 is 0. The summed E-state index contributed by atoms with van der Waals surface area (Å²) in [5.74, 6) is 1.53. The average Bonchev–Trinajstić information content (AvgIpc) is 3.17. The SMILES string of the molecule is CCCCOc1ccc(C(=O)N2CCC(Cn3cnc4ccccc43)CC2)cc1. The van der Waals surface area contributed by atoms with Crippen LogP contribution in [0.25, 0.3) is 11.0 Å². The van der Waals surface area contributed by atoms with Crippen LogP contribution in [0.1, 0.15) is 43.0 Å². The number of imidazole rings is 1. The third kappa shape index (κ3) is 4.61. The largest absolute Gasteiger partial charge is 0.494 e. The number of ether oxygens (including phenoxy) is 1. The van der Waals surface area contributed by atoms with Crippen LogP contribution in [0, 0.1) is 5.92 Å². The number of carbonyl (C=O) groups is 1. The van der Waals surface area contributed by atoms with E-state index in [0.717, 1.165) is 68.8 Å². The molecule has 0 atom stereocenters. The molecule has 5 heteroatoms. The van der Waals surface area contributed by atoms with Gasteiger partial charge < -0.3 is 14.2 Å². The highest BCUT2D eigenvalue weighted by Gasteiger charge is 2.24. The Morgan fingerprint density at radius 3 is 2.62 bits per heavy atom. The van der Waals surface area contributed by atoms with Gasteiger partial charge in [0.05, 0.1) is 24.0 Å². The Bertz CT molecular complexity index is 940. The van der Waals surface area contributed by atoms with E-state index in [1.807, 2.05) is 47.6 Å². The predicted octanol–water partition coefficient (Wildman–Crippen LogP) is 4.77. The van der Waals surface area contributed by atoms with Gasteiger partial charge in [-0.15, -0.1) is 0 Å². The highest BCUT2D eigenvalue weighted by atomic mass is 16.5. The number of carbonyl (C=O) groups excluding carboxylic acids is 1. The molecule has 0 radical (unpaired) electrons. The first-order valence-corrected chi connectivity index (χ1v) is 10.7. The fourth-order valence-electron chi connectivity index (χ4n) is 3.96. The van der Waals surface area contributed by atoms with Crippen LogP contribution in [0.2, 0.25) is 0 Å². The molecule has 2 aromatic carbocycles. The van der Waals surface area contributed by atoms with E-state index < -0.39 is 0 Å². The van der Waals surface area contributed by atoms with E-state index in [9.17, 15) is 4.79 Å².